The van der Waals surface area contributed by atoms with E-state index in [1.165, 1.54) is 0 Å². The van der Waals surface area contributed by atoms with Gasteiger partial charge in [-0.15, -0.1) is 0 Å². The molecule has 126 valence electrons. The van der Waals surface area contributed by atoms with Crippen molar-refractivity contribution in [2.45, 2.75) is 26.7 Å². The van der Waals surface area contributed by atoms with Crippen LogP contribution in [0.25, 0.3) is 0 Å². The molecule has 0 saturated carbocycles. The minimum Gasteiger partial charge on any atom is -0.458 e. The van der Waals surface area contributed by atoms with E-state index in [-0.39, 0.29) is 13.2 Å². The van der Waals surface area contributed by atoms with Gasteiger partial charge < -0.3 is 9.47 Å². The summed E-state index contributed by atoms with van der Waals surface area (Å²) in [4.78, 5) is 24.2. The fourth-order valence-electron chi connectivity index (χ4n) is 2.48. The van der Waals surface area contributed by atoms with Crippen molar-refractivity contribution < 1.29 is 19.1 Å². The Balaban J connectivity index is 1.84. The van der Waals surface area contributed by atoms with E-state index >= 15 is 0 Å². The lowest BCUT2D eigenvalue weighted by molar-refractivity contribution is 0.0264. The zero-order valence-electron chi connectivity index (χ0n) is 14.1. The molecule has 2 aromatic rings. The van der Waals surface area contributed by atoms with Crippen LogP contribution in [-0.4, -0.2) is 25.2 Å². The van der Waals surface area contributed by atoms with Crippen LogP contribution in [0.1, 0.15) is 45.7 Å². The van der Waals surface area contributed by atoms with Gasteiger partial charge in [0, 0.05) is 0 Å². The van der Waals surface area contributed by atoms with Crippen molar-refractivity contribution in [1.29, 1.82) is 0 Å². The molecule has 0 amide bonds. The van der Waals surface area contributed by atoms with Crippen LogP contribution >= 0.6 is 0 Å². The van der Waals surface area contributed by atoms with E-state index in [2.05, 4.69) is 0 Å². The maximum atomic E-state index is 12.1. The second-order valence-electron chi connectivity index (χ2n) is 5.29. The van der Waals surface area contributed by atoms with Crippen LogP contribution in [-0.2, 0) is 22.3 Å². The lowest BCUT2D eigenvalue weighted by Crippen LogP contribution is -2.16. The summed E-state index contributed by atoms with van der Waals surface area (Å²) in [5, 5.41) is 0. The van der Waals surface area contributed by atoms with Crippen molar-refractivity contribution >= 4 is 11.9 Å². The first-order valence-electron chi connectivity index (χ1n) is 8.17. The van der Waals surface area contributed by atoms with Crippen LogP contribution in [0, 0.1) is 0 Å². The molecule has 2 aromatic carbocycles. The maximum absolute atomic E-state index is 12.1. The monoisotopic (exact) mass is 326 g/mol. The van der Waals surface area contributed by atoms with E-state index in [9.17, 15) is 9.59 Å². The molecule has 4 nitrogen and oxygen atoms in total. The molecular weight excluding hydrogens is 304 g/mol. The molecule has 2 rings (SSSR count). The Kier molecular flexibility index (Phi) is 6.55. The topological polar surface area (TPSA) is 52.6 Å². The number of rotatable bonds is 7. The minimum absolute atomic E-state index is 0.0386. The third-order valence-corrected chi connectivity index (χ3v) is 3.79. The normalized spacial score (nSPS) is 10.2. The van der Waals surface area contributed by atoms with Crippen molar-refractivity contribution in [2.24, 2.45) is 0 Å². The first-order valence-corrected chi connectivity index (χ1v) is 8.17. The Labute approximate surface area is 142 Å². The van der Waals surface area contributed by atoms with Gasteiger partial charge in [-0.3, -0.25) is 0 Å². The van der Waals surface area contributed by atoms with Gasteiger partial charge in [-0.05, 0) is 36.1 Å². The van der Waals surface area contributed by atoms with Gasteiger partial charge in [0.25, 0.3) is 0 Å². The number of ether oxygens (including phenoxy) is 2. The quantitative estimate of drug-likeness (QED) is 0.573. The standard InChI is InChI=1S/C20H22O4/c1-3-15-9-5-7-11-17(15)19(21)23-13-14-24-20(22)18-12-8-6-10-16(18)4-2/h5-12H,3-4,13-14H2,1-2H3. The predicted octanol–water partition coefficient (Wildman–Crippen LogP) is 3.83. The predicted molar refractivity (Wildman–Crippen MR) is 92.2 cm³/mol. The zero-order valence-corrected chi connectivity index (χ0v) is 14.1. The summed E-state index contributed by atoms with van der Waals surface area (Å²) < 4.78 is 10.4. The SMILES string of the molecule is CCc1ccccc1C(=O)OCCOC(=O)c1ccccc1CC. The first kappa shape index (κ1) is 17.7. The molecule has 0 aromatic heterocycles. The van der Waals surface area contributed by atoms with Gasteiger partial charge in [0.2, 0.25) is 0 Å². The van der Waals surface area contributed by atoms with Gasteiger partial charge in [0.05, 0.1) is 11.1 Å². The molecule has 0 aliphatic rings. The molecule has 0 fully saturated rings. The zero-order chi connectivity index (χ0) is 17.4. The highest BCUT2D eigenvalue weighted by Gasteiger charge is 2.13. The van der Waals surface area contributed by atoms with E-state index in [1.807, 2.05) is 38.1 Å². The number of benzene rings is 2. The molecule has 0 atom stereocenters. The van der Waals surface area contributed by atoms with Gasteiger partial charge in [-0.2, -0.15) is 0 Å². The third kappa shape index (κ3) is 4.44. The number of hydrogen-bond acceptors (Lipinski definition) is 4. The average molecular weight is 326 g/mol. The third-order valence-electron chi connectivity index (χ3n) is 3.79. The van der Waals surface area contributed by atoms with E-state index in [0.717, 1.165) is 24.0 Å². The molecule has 0 saturated heterocycles. The second kappa shape index (κ2) is 8.87. The summed E-state index contributed by atoms with van der Waals surface area (Å²) in [5.41, 5.74) is 3.00. The van der Waals surface area contributed by atoms with Crippen molar-refractivity contribution in [1.82, 2.24) is 0 Å². The minimum atomic E-state index is -0.391. The van der Waals surface area contributed by atoms with Crippen LogP contribution in [0.15, 0.2) is 48.5 Å². The van der Waals surface area contributed by atoms with E-state index in [0.29, 0.717) is 11.1 Å². The maximum Gasteiger partial charge on any atom is 0.338 e. The number of carbonyl (C=O) groups excluding carboxylic acids is 2. The number of carbonyl (C=O) groups is 2. The highest BCUT2D eigenvalue weighted by atomic mass is 16.6. The molecule has 0 heterocycles. The highest BCUT2D eigenvalue weighted by Crippen LogP contribution is 2.12. The highest BCUT2D eigenvalue weighted by molar-refractivity contribution is 5.91. The summed E-state index contributed by atoms with van der Waals surface area (Å²) >= 11 is 0. The Morgan fingerprint density at radius 1 is 0.708 bits per heavy atom. The number of hydrogen-bond donors (Lipinski definition) is 0. The van der Waals surface area contributed by atoms with Crippen LogP contribution in [0.4, 0.5) is 0 Å². The molecule has 0 unspecified atom stereocenters. The Morgan fingerprint density at radius 3 is 1.46 bits per heavy atom. The molecule has 4 heteroatoms. The van der Waals surface area contributed by atoms with Gasteiger partial charge in [-0.1, -0.05) is 50.2 Å². The van der Waals surface area contributed by atoms with Crippen molar-refractivity contribution in [2.75, 3.05) is 13.2 Å². The largest absolute Gasteiger partial charge is 0.458 e. The Hall–Kier alpha value is -2.62. The van der Waals surface area contributed by atoms with Gasteiger partial charge >= 0.3 is 11.9 Å². The molecule has 0 spiro atoms. The van der Waals surface area contributed by atoms with Crippen LogP contribution < -0.4 is 0 Å². The van der Waals surface area contributed by atoms with Gasteiger partial charge in [0.1, 0.15) is 13.2 Å². The van der Waals surface area contributed by atoms with Crippen molar-refractivity contribution in [3.63, 3.8) is 0 Å². The van der Waals surface area contributed by atoms with Gasteiger partial charge in [0.15, 0.2) is 0 Å². The van der Waals surface area contributed by atoms with Crippen LogP contribution in [0.3, 0.4) is 0 Å². The molecule has 0 radical (unpaired) electrons. The van der Waals surface area contributed by atoms with Gasteiger partial charge in [-0.25, -0.2) is 9.59 Å². The molecule has 24 heavy (non-hydrogen) atoms. The van der Waals surface area contributed by atoms with E-state index in [1.54, 1.807) is 24.3 Å². The van der Waals surface area contributed by atoms with E-state index in [4.69, 9.17) is 9.47 Å². The Bertz CT molecular complexity index is 645. The fourth-order valence-corrected chi connectivity index (χ4v) is 2.48. The second-order valence-corrected chi connectivity index (χ2v) is 5.29. The average Bonchev–Trinajstić information content (AvgIpc) is 2.64. The lowest BCUT2D eigenvalue weighted by atomic mass is 10.1. The summed E-state index contributed by atoms with van der Waals surface area (Å²) in [5.74, 6) is -0.782. The number of esters is 2. The summed E-state index contributed by atoms with van der Waals surface area (Å²) in [7, 11) is 0. The van der Waals surface area contributed by atoms with E-state index < -0.39 is 11.9 Å². The number of aryl methyl sites for hydroxylation is 2. The lowest BCUT2D eigenvalue weighted by Gasteiger charge is -2.10. The van der Waals surface area contributed by atoms with Crippen molar-refractivity contribution in [3.8, 4) is 0 Å². The summed E-state index contributed by atoms with van der Waals surface area (Å²) in [6.07, 6.45) is 1.52. The molecule has 0 aliphatic heterocycles. The van der Waals surface area contributed by atoms with Crippen LogP contribution in [0.2, 0.25) is 0 Å². The molecule has 0 N–H and O–H groups in total. The summed E-state index contributed by atoms with van der Waals surface area (Å²) in [6.45, 7) is 4.05. The smallest absolute Gasteiger partial charge is 0.338 e. The molecule has 0 bridgehead atoms. The first-order chi connectivity index (χ1) is 11.7. The van der Waals surface area contributed by atoms with Crippen LogP contribution in [0.5, 0.6) is 0 Å². The van der Waals surface area contributed by atoms with Crippen molar-refractivity contribution in [3.05, 3.63) is 70.8 Å². The summed E-state index contributed by atoms with van der Waals surface area (Å²) in [6, 6.07) is 14.7. The molecule has 0 aliphatic carbocycles. The molecular formula is C20H22O4. The Morgan fingerprint density at radius 2 is 1.08 bits per heavy atom. The fraction of sp³-hybridized carbons (Fsp3) is 0.300.